The number of para-hydroxylation sites is 1. The second kappa shape index (κ2) is 8.04. The van der Waals surface area contributed by atoms with Gasteiger partial charge in [-0.05, 0) is 30.0 Å². The molecule has 2 rings (SSSR count). The van der Waals surface area contributed by atoms with E-state index in [-0.39, 0.29) is 5.91 Å². The molecule has 1 amide bonds. The number of hydrogen-bond donors (Lipinski definition) is 1. The van der Waals surface area contributed by atoms with Gasteiger partial charge in [0.1, 0.15) is 11.8 Å². The summed E-state index contributed by atoms with van der Waals surface area (Å²) in [6.07, 6.45) is 2.04. The Morgan fingerprint density at radius 2 is 1.87 bits per heavy atom. The second-order valence-electron chi connectivity index (χ2n) is 5.26. The molecule has 2 aromatic carbocycles. The summed E-state index contributed by atoms with van der Waals surface area (Å²) in [4.78, 5) is 15.4. The van der Waals surface area contributed by atoms with Crippen molar-refractivity contribution in [3.8, 4) is 5.75 Å². The van der Waals surface area contributed by atoms with Gasteiger partial charge < -0.3 is 15.4 Å². The van der Waals surface area contributed by atoms with Crippen LogP contribution < -0.4 is 10.5 Å². The van der Waals surface area contributed by atoms with Crippen molar-refractivity contribution in [1.29, 1.82) is 0 Å². The largest absolute Gasteiger partial charge is 0.496 e. The zero-order valence-corrected chi connectivity index (χ0v) is 14.5. The van der Waals surface area contributed by atoms with Crippen LogP contribution in [-0.4, -0.2) is 31.2 Å². The zero-order chi connectivity index (χ0) is 16.8. The predicted molar refractivity (Wildman–Crippen MR) is 94.6 cm³/mol. The van der Waals surface area contributed by atoms with E-state index in [0.29, 0.717) is 17.9 Å². The summed E-state index contributed by atoms with van der Waals surface area (Å²) < 4.78 is 5.29. The minimum Gasteiger partial charge on any atom is -0.496 e. The SMILES string of the molecule is COc1ccccc1C(N)C(=O)N(C)Cc1ccc(SC)cc1. The second-order valence-corrected chi connectivity index (χ2v) is 6.14. The lowest BCUT2D eigenvalue weighted by molar-refractivity contribution is -0.132. The average Bonchev–Trinajstić information content (AvgIpc) is 2.61. The zero-order valence-electron chi connectivity index (χ0n) is 13.7. The number of hydrogen-bond acceptors (Lipinski definition) is 4. The molecular formula is C18H22N2O2S. The van der Waals surface area contributed by atoms with E-state index in [9.17, 15) is 4.79 Å². The third-order valence-corrected chi connectivity index (χ3v) is 4.44. The van der Waals surface area contributed by atoms with Crippen LogP contribution in [0, 0.1) is 0 Å². The normalized spacial score (nSPS) is 11.8. The number of nitrogens with zero attached hydrogens (tertiary/aromatic N) is 1. The molecule has 2 N–H and O–H groups in total. The summed E-state index contributed by atoms with van der Waals surface area (Å²) in [7, 11) is 3.34. The van der Waals surface area contributed by atoms with E-state index in [4.69, 9.17) is 10.5 Å². The van der Waals surface area contributed by atoms with Gasteiger partial charge in [0.15, 0.2) is 0 Å². The molecule has 1 unspecified atom stereocenters. The number of benzene rings is 2. The molecule has 0 fully saturated rings. The Labute approximate surface area is 141 Å². The number of amides is 1. The van der Waals surface area contributed by atoms with Crippen molar-refractivity contribution >= 4 is 17.7 Å². The monoisotopic (exact) mass is 330 g/mol. The van der Waals surface area contributed by atoms with Crippen molar-refractivity contribution < 1.29 is 9.53 Å². The minimum absolute atomic E-state index is 0.136. The fourth-order valence-corrected chi connectivity index (χ4v) is 2.78. The first kappa shape index (κ1) is 17.4. The van der Waals surface area contributed by atoms with E-state index >= 15 is 0 Å². The predicted octanol–water partition coefficient (Wildman–Crippen LogP) is 3.08. The molecular weight excluding hydrogens is 308 g/mol. The van der Waals surface area contributed by atoms with E-state index in [1.54, 1.807) is 30.8 Å². The number of rotatable bonds is 6. The molecule has 0 aromatic heterocycles. The van der Waals surface area contributed by atoms with Gasteiger partial charge >= 0.3 is 0 Å². The van der Waals surface area contributed by atoms with Gasteiger partial charge in [-0.15, -0.1) is 11.8 Å². The van der Waals surface area contributed by atoms with Crippen molar-refractivity contribution in [2.24, 2.45) is 5.73 Å². The molecule has 0 aliphatic heterocycles. The molecule has 0 saturated carbocycles. The molecule has 0 spiro atoms. The third kappa shape index (κ3) is 4.27. The number of carbonyl (C=O) groups excluding carboxylic acids is 1. The maximum Gasteiger partial charge on any atom is 0.244 e. The minimum atomic E-state index is -0.735. The lowest BCUT2D eigenvalue weighted by Gasteiger charge is -2.22. The van der Waals surface area contributed by atoms with Gasteiger partial charge in [0.25, 0.3) is 0 Å². The van der Waals surface area contributed by atoms with E-state index in [2.05, 4.69) is 12.1 Å². The Morgan fingerprint density at radius 3 is 2.48 bits per heavy atom. The van der Waals surface area contributed by atoms with Gasteiger partial charge in [-0.25, -0.2) is 0 Å². The number of ether oxygens (including phenoxy) is 1. The molecule has 0 aliphatic carbocycles. The lowest BCUT2D eigenvalue weighted by Crippen LogP contribution is -2.35. The highest BCUT2D eigenvalue weighted by Gasteiger charge is 2.22. The topological polar surface area (TPSA) is 55.6 Å². The van der Waals surface area contributed by atoms with Crippen LogP contribution in [0.4, 0.5) is 0 Å². The van der Waals surface area contributed by atoms with Crippen molar-refractivity contribution in [3.05, 3.63) is 59.7 Å². The standard InChI is InChI=1S/C18H22N2O2S/c1-20(12-13-8-10-14(23-3)11-9-13)18(21)17(19)15-6-4-5-7-16(15)22-2/h4-11,17H,12,19H2,1-3H3. The van der Waals surface area contributed by atoms with Crippen LogP contribution in [0.25, 0.3) is 0 Å². The molecule has 2 aromatic rings. The summed E-state index contributed by atoms with van der Waals surface area (Å²) in [5.74, 6) is 0.495. The van der Waals surface area contributed by atoms with Crippen LogP contribution in [0.3, 0.4) is 0 Å². The fourth-order valence-electron chi connectivity index (χ4n) is 2.38. The number of methoxy groups -OCH3 is 1. The molecule has 0 saturated heterocycles. The Balaban J connectivity index is 2.08. The molecule has 1 atom stereocenters. The van der Waals surface area contributed by atoms with Gasteiger partial charge in [0, 0.05) is 24.1 Å². The summed E-state index contributed by atoms with van der Waals surface area (Å²) >= 11 is 1.69. The highest BCUT2D eigenvalue weighted by atomic mass is 32.2. The number of carbonyl (C=O) groups is 1. The molecule has 0 heterocycles. The van der Waals surface area contributed by atoms with E-state index in [0.717, 1.165) is 5.56 Å². The summed E-state index contributed by atoms with van der Waals surface area (Å²) in [5.41, 5.74) is 7.91. The Kier molecular flexibility index (Phi) is 6.07. The van der Waals surface area contributed by atoms with Crippen molar-refractivity contribution in [1.82, 2.24) is 4.90 Å². The average molecular weight is 330 g/mol. The first-order chi connectivity index (χ1) is 11.1. The molecule has 0 radical (unpaired) electrons. The number of nitrogens with two attached hydrogens (primary N) is 1. The molecule has 4 nitrogen and oxygen atoms in total. The van der Waals surface area contributed by atoms with Crippen LogP contribution >= 0.6 is 11.8 Å². The Hall–Kier alpha value is -1.98. The van der Waals surface area contributed by atoms with Gasteiger partial charge in [0.05, 0.1) is 7.11 Å². The maximum atomic E-state index is 12.6. The van der Waals surface area contributed by atoms with Gasteiger partial charge in [0.2, 0.25) is 5.91 Å². The highest BCUT2D eigenvalue weighted by Crippen LogP contribution is 2.25. The van der Waals surface area contributed by atoms with Crippen LogP contribution in [0.1, 0.15) is 17.2 Å². The van der Waals surface area contributed by atoms with Crippen molar-refractivity contribution in [2.45, 2.75) is 17.5 Å². The van der Waals surface area contributed by atoms with Crippen LogP contribution in [0.15, 0.2) is 53.4 Å². The van der Waals surface area contributed by atoms with Crippen LogP contribution in [0.5, 0.6) is 5.75 Å². The maximum absolute atomic E-state index is 12.6. The van der Waals surface area contributed by atoms with E-state index in [1.165, 1.54) is 4.90 Å². The van der Waals surface area contributed by atoms with Gasteiger partial charge in [-0.1, -0.05) is 30.3 Å². The quantitative estimate of drug-likeness (QED) is 0.827. The Bertz CT molecular complexity index is 658. The third-order valence-electron chi connectivity index (χ3n) is 3.70. The van der Waals surface area contributed by atoms with Crippen LogP contribution in [0.2, 0.25) is 0 Å². The van der Waals surface area contributed by atoms with E-state index < -0.39 is 6.04 Å². The smallest absolute Gasteiger partial charge is 0.244 e. The Morgan fingerprint density at radius 1 is 1.22 bits per heavy atom. The number of thioether (sulfide) groups is 1. The molecule has 0 bridgehead atoms. The lowest BCUT2D eigenvalue weighted by atomic mass is 10.0. The van der Waals surface area contributed by atoms with Crippen molar-refractivity contribution in [2.75, 3.05) is 20.4 Å². The van der Waals surface area contributed by atoms with Crippen molar-refractivity contribution in [3.63, 3.8) is 0 Å². The number of likely N-dealkylation sites (N-methyl/N-ethyl adjacent to an activating group) is 1. The van der Waals surface area contributed by atoms with Gasteiger partial charge in [-0.3, -0.25) is 4.79 Å². The van der Waals surface area contributed by atoms with Gasteiger partial charge in [-0.2, -0.15) is 0 Å². The van der Waals surface area contributed by atoms with E-state index in [1.807, 2.05) is 42.7 Å². The summed E-state index contributed by atoms with van der Waals surface area (Å²) in [5, 5.41) is 0. The highest BCUT2D eigenvalue weighted by molar-refractivity contribution is 7.98. The summed E-state index contributed by atoms with van der Waals surface area (Å²) in [6, 6.07) is 14.8. The molecule has 122 valence electrons. The van der Waals surface area contributed by atoms with Crippen LogP contribution in [-0.2, 0) is 11.3 Å². The molecule has 23 heavy (non-hydrogen) atoms. The summed E-state index contributed by atoms with van der Waals surface area (Å²) in [6.45, 7) is 0.524. The first-order valence-electron chi connectivity index (χ1n) is 7.33. The first-order valence-corrected chi connectivity index (χ1v) is 8.55. The molecule has 0 aliphatic rings. The molecule has 5 heteroatoms. The fraction of sp³-hybridized carbons (Fsp3) is 0.278.